The van der Waals surface area contributed by atoms with Gasteiger partial charge in [0.25, 0.3) is 0 Å². The smallest absolute Gasteiger partial charge is 0.503 e. The van der Waals surface area contributed by atoms with E-state index in [1.165, 1.54) is 62.4 Å². The van der Waals surface area contributed by atoms with Crippen LogP contribution >= 0.6 is 56.5 Å². The van der Waals surface area contributed by atoms with Crippen LogP contribution in [-0.4, -0.2) is 41.1 Å². The molecule has 0 radical (unpaired) electrons. The number of hydrogen-bond acceptors (Lipinski definition) is 16. The minimum absolute atomic E-state index is 0. The number of esters is 3. The van der Waals surface area contributed by atoms with Gasteiger partial charge in [0.05, 0.1) is 0 Å². The maximum absolute atomic E-state index is 14.5. The summed E-state index contributed by atoms with van der Waals surface area (Å²) in [6.07, 6.45) is -3.44. The molecule has 0 bridgehead atoms. The molecule has 0 aliphatic heterocycles. The Bertz CT molecular complexity index is 4160. The van der Waals surface area contributed by atoms with Crippen molar-refractivity contribution in [3.8, 4) is 34.5 Å². The van der Waals surface area contributed by atoms with Crippen molar-refractivity contribution in [2.24, 2.45) is 5.73 Å². The van der Waals surface area contributed by atoms with Crippen molar-refractivity contribution in [1.29, 1.82) is 0 Å². The lowest BCUT2D eigenvalue weighted by Crippen LogP contribution is -2.36. The average Bonchev–Trinajstić information content (AvgIpc) is 0.790. The van der Waals surface area contributed by atoms with Crippen LogP contribution in [0.1, 0.15) is 43.0 Å². The predicted octanol–water partition coefficient (Wildman–Crippen LogP) is 18.7. The Kier molecular flexibility index (Phi) is 34.7. The number of carbonyl (C=O) groups excluding carboxylic acids is 3. The lowest BCUT2D eigenvalue weighted by atomic mass is 10.2. The van der Waals surface area contributed by atoms with Crippen LogP contribution in [0.5, 0.6) is 34.5 Å². The largest absolute Gasteiger partial charge is 0.513 e. The molecule has 9 aromatic rings. The summed E-state index contributed by atoms with van der Waals surface area (Å²) in [6.45, 7) is 4.93. The number of para-hydroxylation sites is 3. The van der Waals surface area contributed by atoms with E-state index in [0.29, 0.717) is 23.5 Å². The number of hydrogen-bond donors (Lipinski definition) is 4. The third kappa shape index (κ3) is 27.3. The molecule has 18 nitrogen and oxygen atoms in total. The molecule has 5 N–H and O–H groups in total. The fourth-order valence-corrected chi connectivity index (χ4v) is 11.3. The van der Waals surface area contributed by atoms with E-state index >= 15 is 0 Å². The topological polar surface area (TPSA) is 247 Å². The Morgan fingerprint density at radius 2 is 0.629 bits per heavy atom. The summed E-state index contributed by atoms with van der Waals surface area (Å²) in [6, 6.07) is 46.3. The Hall–Kier alpha value is -9.35. The van der Waals surface area contributed by atoms with E-state index in [0.717, 1.165) is 12.5 Å². The fourth-order valence-electron chi connectivity index (χ4n) is 7.44. The van der Waals surface area contributed by atoms with Crippen molar-refractivity contribution in [2.45, 2.75) is 65.6 Å². The van der Waals surface area contributed by atoms with Gasteiger partial charge in [-0.05, 0) is 80.8 Å². The van der Waals surface area contributed by atoms with Gasteiger partial charge in [0.2, 0.25) is 75.5 Å². The number of aromatic hydroxyl groups is 1. The molecule has 0 heterocycles. The first kappa shape index (κ1) is 88.1. The van der Waals surface area contributed by atoms with Crippen LogP contribution in [0.3, 0.4) is 0 Å². The fraction of sp³-hybridized carbons (Fsp3) is 0.149. The van der Waals surface area contributed by atoms with E-state index < -0.39 is 156 Å². The quantitative estimate of drug-likeness (QED) is 0.0116. The minimum atomic E-state index is -4.96. The zero-order valence-corrected chi connectivity index (χ0v) is 59.2. The second kappa shape index (κ2) is 41.4. The third-order valence-electron chi connectivity index (χ3n) is 12.6. The highest BCUT2D eigenvalue weighted by molar-refractivity contribution is 8.05. The number of phenolic OH excluding ortho intramolecular Hbond substituents is 1. The molecule has 0 saturated carbocycles. The van der Waals surface area contributed by atoms with Crippen LogP contribution in [0.2, 0.25) is 0 Å². The Labute approximate surface area is 604 Å². The van der Waals surface area contributed by atoms with Gasteiger partial charge in [0.1, 0.15) is 55.2 Å². The van der Waals surface area contributed by atoms with E-state index in [9.17, 15) is 89.5 Å². The summed E-state index contributed by atoms with van der Waals surface area (Å²) in [5.41, 5.74) is 6.73. The maximum atomic E-state index is 14.5. The number of benzene rings is 9. The van der Waals surface area contributed by atoms with E-state index in [-0.39, 0.29) is 43.1 Å². The summed E-state index contributed by atoms with van der Waals surface area (Å²) in [7, 11) is -9.76. The minimum Gasteiger partial charge on any atom is -0.503 e. The first-order chi connectivity index (χ1) is 49.0. The molecule has 0 aromatic heterocycles. The summed E-state index contributed by atoms with van der Waals surface area (Å²) < 4.78 is 263. The van der Waals surface area contributed by atoms with Gasteiger partial charge in [-0.15, -0.1) is 12.4 Å². The number of rotatable bonds is 23. The van der Waals surface area contributed by atoms with Gasteiger partial charge in [-0.1, -0.05) is 146 Å². The molecule has 564 valence electrons. The Balaban J connectivity index is 0.000000303. The van der Waals surface area contributed by atoms with Gasteiger partial charge in [0.15, 0.2) is 23.2 Å². The molecular weight excluding hydrogens is 1550 g/mol. The van der Waals surface area contributed by atoms with Gasteiger partial charge < -0.3 is 47.7 Å². The molecule has 0 aliphatic rings. The first-order valence-corrected chi connectivity index (χ1v) is 35.8. The number of phenols is 1. The number of carbonyl (C=O) groups is 3. The van der Waals surface area contributed by atoms with E-state index in [1.807, 2.05) is 30.3 Å². The highest BCUT2D eigenvalue weighted by atomic mass is 35.9. The monoisotopic (exact) mass is 1610 g/mol. The SMILES string of the molecule is C[C@H](N)C(=O)OCc1ccccc1.C[C@H](N[P@@](=O)(Oc1ccccc1)Oc1c(F)c(F)c(F)c(F)c1F)C(=O)OCc1ccccc1.Cc1c(F)c(F)c(F)c(O[P@](=O)(N[C@@H](C)C(=O)OCc2ccccc2)Oc2ccccc2)c1F.Cl.O=P(Cl)(Cl)Oc1ccccc1.Oc1c(F)c(F)c(F)c(F)c1F. The second-order valence-corrected chi connectivity index (χ2v) is 28.0. The molecule has 105 heavy (non-hydrogen) atoms. The zero-order valence-electron chi connectivity index (χ0n) is 54.2. The number of ether oxygens (including phenoxy) is 3. The molecule has 0 fully saturated rings. The van der Waals surface area contributed by atoms with Crippen molar-refractivity contribution in [2.75, 3.05) is 0 Å². The predicted molar refractivity (Wildman–Crippen MR) is 357 cm³/mol. The number of nitrogens with one attached hydrogen (secondary N) is 2. The highest BCUT2D eigenvalue weighted by Gasteiger charge is 2.40. The lowest BCUT2D eigenvalue weighted by molar-refractivity contribution is -0.147. The lowest BCUT2D eigenvalue weighted by Gasteiger charge is -2.24. The molecular formula is C67H57Cl3F14N3O15P3. The van der Waals surface area contributed by atoms with Crippen molar-refractivity contribution in [3.63, 3.8) is 0 Å². The molecule has 0 amide bonds. The van der Waals surface area contributed by atoms with E-state index in [4.69, 9.17) is 61.1 Å². The van der Waals surface area contributed by atoms with Crippen LogP contribution in [-0.2, 0) is 62.1 Å². The summed E-state index contributed by atoms with van der Waals surface area (Å²) in [4.78, 5) is 35.7. The van der Waals surface area contributed by atoms with Crippen molar-refractivity contribution < 1.29 is 131 Å². The molecule has 0 saturated heterocycles. The molecule has 9 rings (SSSR count). The first-order valence-electron chi connectivity index (χ1n) is 29.3. The third-order valence-corrected chi connectivity index (χ3v) is 16.6. The van der Waals surface area contributed by atoms with Crippen LogP contribution in [0.4, 0.5) is 61.5 Å². The summed E-state index contributed by atoms with van der Waals surface area (Å²) >= 11 is 10.3. The number of nitrogens with two attached hydrogens (primary N) is 1. The normalized spacial score (nSPS) is 12.7. The molecule has 38 heteroatoms. The van der Waals surface area contributed by atoms with Gasteiger partial charge in [-0.25, -0.2) is 53.2 Å². The Morgan fingerprint density at radius 3 is 0.924 bits per heavy atom. The van der Waals surface area contributed by atoms with Crippen LogP contribution in [0.25, 0.3) is 0 Å². The van der Waals surface area contributed by atoms with Gasteiger partial charge in [-0.2, -0.15) is 32.1 Å². The van der Waals surface area contributed by atoms with Crippen LogP contribution < -0.4 is 38.5 Å². The van der Waals surface area contributed by atoms with Crippen LogP contribution in [0, 0.1) is 88.4 Å². The van der Waals surface area contributed by atoms with Crippen molar-refractivity contribution in [1.82, 2.24) is 10.2 Å². The highest BCUT2D eigenvalue weighted by Crippen LogP contribution is 2.57. The average molecular weight is 1610 g/mol. The summed E-state index contributed by atoms with van der Waals surface area (Å²) in [5, 5.41) is 12.6. The molecule has 0 unspecified atom stereocenters. The second-order valence-electron chi connectivity index (χ2n) is 20.6. The molecule has 5 atom stereocenters. The zero-order chi connectivity index (χ0) is 77.2. The maximum Gasteiger partial charge on any atom is 0.513 e. The van der Waals surface area contributed by atoms with Gasteiger partial charge in [-0.3, -0.25) is 14.4 Å². The van der Waals surface area contributed by atoms with E-state index in [1.54, 1.807) is 110 Å². The Morgan fingerprint density at radius 1 is 0.381 bits per heavy atom. The van der Waals surface area contributed by atoms with Crippen molar-refractivity contribution >= 4 is 74.4 Å². The van der Waals surface area contributed by atoms with Crippen molar-refractivity contribution in [3.05, 3.63) is 286 Å². The molecule has 0 aliphatic carbocycles. The molecule has 9 aromatic carbocycles. The standard InChI is InChI=1S/C23H20F4NO5P.C22H17F5NO5P.C10H13NO2.C6H5Cl2O2P.C6HF5O.ClH/c1-14-18(24)20(26)21(27)22(19(14)25)33-34(30,32-17-11-7-4-8-12-17)28-15(2)23(29)31-13-16-9-5-3-6-10-16;1-13(22(29)31-12-14-8-4-2-5-9-14)28-34(30,32-15-10-6-3-7-11-15)33-21-19(26)17(24)16(23)18(25)20(21)27;1-8(11)10(12)13-7-9-5-3-2-4-6-9;7-11(8,9)10-6-4-2-1-3-5-6;7-1-2(8)4(10)6(12)5(11)3(1)9;/h3-12,15H,13H2,1-2H3,(H,28,30);2-11,13H,12H2,1H3,(H,28,30);2-6,8H,7,11H2,1H3;1-5H;12H;1H/t15-,34-;13-,34+;8-;;;/m000.../s1. The summed E-state index contributed by atoms with van der Waals surface area (Å²) in [5.74, 6) is -37.5. The van der Waals surface area contributed by atoms with Crippen LogP contribution in [0.15, 0.2) is 182 Å². The van der Waals surface area contributed by atoms with Gasteiger partial charge in [0, 0.05) is 28.0 Å². The van der Waals surface area contributed by atoms with E-state index in [2.05, 4.69) is 19.2 Å². The molecule has 0 spiro atoms. The number of halogens is 17. The van der Waals surface area contributed by atoms with Gasteiger partial charge >= 0.3 is 39.5 Å².